The normalized spacial score (nSPS) is 18.4. The lowest BCUT2D eigenvalue weighted by molar-refractivity contribution is 0.302. The molecule has 0 N–H and O–H groups in total. The van der Waals surface area contributed by atoms with E-state index < -0.39 is 11.6 Å². The molecule has 3 heteroatoms. The summed E-state index contributed by atoms with van der Waals surface area (Å²) in [5, 5.41) is 1.59. The van der Waals surface area contributed by atoms with Gasteiger partial charge in [-0.15, -0.1) is 0 Å². The molecular formula is C29H29F3. The molecule has 1 fully saturated rings. The molecule has 3 aromatic carbocycles. The molecule has 0 spiro atoms. The third-order valence-corrected chi connectivity index (χ3v) is 6.73. The van der Waals surface area contributed by atoms with Crippen molar-refractivity contribution in [2.45, 2.75) is 64.2 Å². The molecule has 1 aliphatic rings. The Morgan fingerprint density at radius 3 is 2.19 bits per heavy atom. The van der Waals surface area contributed by atoms with E-state index in [0.717, 1.165) is 47.9 Å². The van der Waals surface area contributed by atoms with Crippen LogP contribution in [0.1, 0.15) is 80.9 Å². The van der Waals surface area contributed by atoms with Gasteiger partial charge in [-0.05, 0) is 90.3 Å². The van der Waals surface area contributed by atoms with E-state index in [4.69, 9.17) is 0 Å². The second-order valence-corrected chi connectivity index (χ2v) is 9.03. The molecule has 0 aliphatic heterocycles. The van der Waals surface area contributed by atoms with Gasteiger partial charge in [-0.3, -0.25) is 0 Å². The molecule has 0 atom stereocenters. The monoisotopic (exact) mass is 434 g/mol. The molecule has 0 unspecified atom stereocenters. The summed E-state index contributed by atoms with van der Waals surface area (Å²) in [6.45, 7) is 2.22. The summed E-state index contributed by atoms with van der Waals surface area (Å²) in [7, 11) is 0. The summed E-state index contributed by atoms with van der Waals surface area (Å²) in [4.78, 5) is 0. The Labute approximate surface area is 188 Å². The average molecular weight is 435 g/mol. The number of hydrogen-bond donors (Lipinski definition) is 0. The van der Waals surface area contributed by atoms with E-state index in [1.165, 1.54) is 49.9 Å². The molecule has 1 saturated carbocycles. The van der Waals surface area contributed by atoms with Gasteiger partial charge in [0.1, 0.15) is 17.5 Å². The van der Waals surface area contributed by atoms with E-state index in [1.54, 1.807) is 24.3 Å². The first-order valence-corrected chi connectivity index (χ1v) is 11.7. The number of benzene rings is 3. The van der Waals surface area contributed by atoms with Gasteiger partial charge in [-0.1, -0.05) is 56.6 Å². The average Bonchev–Trinajstić information content (AvgIpc) is 2.79. The molecule has 0 nitrogen and oxygen atoms in total. The molecule has 32 heavy (non-hydrogen) atoms. The molecule has 166 valence electrons. The van der Waals surface area contributed by atoms with Crippen LogP contribution >= 0.6 is 0 Å². The number of fused-ring (bicyclic) bond motifs is 1. The highest BCUT2D eigenvalue weighted by Crippen LogP contribution is 2.38. The maximum atomic E-state index is 14.8. The Bertz CT molecular complexity index is 1120. The van der Waals surface area contributed by atoms with E-state index in [0.29, 0.717) is 5.56 Å². The smallest absolute Gasteiger partial charge is 0.142 e. The fraction of sp³-hybridized carbons (Fsp3) is 0.379. The second kappa shape index (κ2) is 10.3. The van der Waals surface area contributed by atoms with Crippen LogP contribution in [-0.4, -0.2) is 0 Å². The summed E-state index contributed by atoms with van der Waals surface area (Å²) >= 11 is 0. The molecule has 4 rings (SSSR count). The Morgan fingerprint density at radius 2 is 1.47 bits per heavy atom. The molecule has 1 aliphatic carbocycles. The van der Waals surface area contributed by atoms with Crippen molar-refractivity contribution < 1.29 is 13.2 Å². The van der Waals surface area contributed by atoms with Crippen LogP contribution in [0.5, 0.6) is 0 Å². The first-order valence-electron chi connectivity index (χ1n) is 11.7. The van der Waals surface area contributed by atoms with Crippen molar-refractivity contribution in [3.63, 3.8) is 0 Å². The Morgan fingerprint density at radius 1 is 0.781 bits per heavy atom. The van der Waals surface area contributed by atoms with Crippen LogP contribution in [0.2, 0.25) is 0 Å². The van der Waals surface area contributed by atoms with Crippen LogP contribution in [0.15, 0.2) is 48.5 Å². The van der Waals surface area contributed by atoms with Gasteiger partial charge in [0.05, 0.1) is 5.56 Å². The maximum Gasteiger partial charge on any atom is 0.142 e. The fourth-order valence-electron chi connectivity index (χ4n) is 4.84. The van der Waals surface area contributed by atoms with Gasteiger partial charge in [0.2, 0.25) is 0 Å². The summed E-state index contributed by atoms with van der Waals surface area (Å²) in [5.74, 6) is 5.01. The molecule has 0 amide bonds. The summed E-state index contributed by atoms with van der Waals surface area (Å²) < 4.78 is 42.9. The molecule has 3 aromatic rings. The highest BCUT2D eigenvalue weighted by atomic mass is 19.1. The molecule has 0 radical (unpaired) electrons. The molecular weight excluding hydrogens is 405 g/mol. The van der Waals surface area contributed by atoms with Crippen LogP contribution in [0.4, 0.5) is 13.2 Å². The van der Waals surface area contributed by atoms with Crippen molar-refractivity contribution in [3.8, 4) is 11.8 Å². The van der Waals surface area contributed by atoms with Crippen molar-refractivity contribution >= 4 is 10.8 Å². The number of rotatable bonds is 5. The molecule has 0 bridgehead atoms. The topological polar surface area (TPSA) is 0 Å². The number of unbranched alkanes of at least 4 members (excludes halogenated alkanes) is 2. The number of hydrogen-bond acceptors (Lipinski definition) is 0. The van der Waals surface area contributed by atoms with Gasteiger partial charge in [-0.25, -0.2) is 13.2 Å². The zero-order valence-electron chi connectivity index (χ0n) is 18.6. The lowest BCUT2D eigenvalue weighted by atomic mass is 9.77. The minimum atomic E-state index is -0.597. The molecule has 0 aromatic heterocycles. The zero-order chi connectivity index (χ0) is 22.5. The van der Waals surface area contributed by atoms with Gasteiger partial charge in [0.15, 0.2) is 0 Å². The van der Waals surface area contributed by atoms with Crippen LogP contribution in [0.25, 0.3) is 10.8 Å². The third-order valence-electron chi connectivity index (χ3n) is 6.73. The van der Waals surface area contributed by atoms with Crippen LogP contribution in [0, 0.1) is 35.2 Å². The molecule has 0 saturated heterocycles. The third kappa shape index (κ3) is 5.36. The van der Waals surface area contributed by atoms with E-state index >= 15 is 0 Å². The largest absolute Gasteiger partial charge is 0.207 e. The van der Waals surface area contributed by atoms with Gasteiger partial charge < -0.3 is 0 Å². The maximum absolute atomic E-state index is 14.8. The highest BCUT2D eigenvalue weighted by molar-refractivity contribution is 5.84. The summed E-state index contributed by atoms with van der Waals surface area (Å²) in [6, 6.07) is 12.7. The SMILES string of the molecule is CCCCCC1CCC(c2cc(F)c(C#Cc3ccc4cc(F)ccc4c3)c(F)c2)CC1. The quantitative estimate of drug-likeness (QED) is 0.279. The summed E-state index contributed by atoms with van der Waals surface area (Å²) in [5.41, 5.74) is 1.19. The minimum Gasteiger partial charge on any atom is -0.207 e. The lowest BCUT2D eigenvalue weighted by Gasteiger charge is -2.29. The van der Waals surface area contributed by atoms with Gasteiger partial charge >= 0.3 is 0 Å². The van der Waals surface area contributed by atoms with Gasteiger partial charge in [-0.2, -0.15) is 0 Å². The van der Waals surface area contributed by atoms with Crippen molar-refractivity contribution in [1.29, 1.82) is 0 Å². The highest BCUT2D eigenvalue weighted by Gasteiger charge is 2.23. The predicted octanol–water partition coefficient (Wildman–Crippen LogP) is 8.51. The van der Waals surface area contributed by atoms with Crippen LogP contribution < -0.4 is 0 Å². The van der Waals surface area contributed by atoms with Crippen molar-refractivity contribution in [2.24, 2.45) is 5.92 Å². The first kappa shape index (κ1) is 22.5. The minimum absolute atomic E-state index is 0.193. The van der Waals surface area contributed by atoms with Crippen molar-refractivity contribution in [2.75, 3.05) is 0 Å². The van der Waals surface area contributed by atoms with Crippen molar-refractivity contribution in [1.82, 2.24) is 0 Å². The van der Waals surface area contributed by atoms with E-state index in [1.807, 2.05) is 0 Å². The summed E-state index contributed by atoms with van der Waals surface area (Å²) in [6.07, 6.45) is 9.38. The van der Waals surface area contributed by atoms with Crippen molar-refractivity contribution in [3.05, 3.63) is 82.7 Å². The van der Waals surface area contributed by atoms with Gasteiger partial charge in [0.25, 0.3) is 0 Å². The molecule has 0 heterocycles. The van der Waals surface area contributed by atoms with E-state index in [2.05, 4.69) is 18.8 Å². The standard InChI is InChI=1S/C29H29F3/c1-2-3-4-5-20-6-10-22(11-7-20)25-18-28(31)27(29(32)19-25)15-9-21-8-12-24-17-26(30)14-13-23(24)16-21/h8,12-14,16-20,22H,2-7,10-11H2,1H3. The van der Waals surface area contributed by atoms with Crippen LogP contribution in [-0.2, 0) is 0 Å². The van der Waals surface area contributed by atoms with E-state index in [-0.39, 0.29) is 17.3 Å². The van der Waals surface area contributed by atoms with E-state index in [9.17, 15) is 13.2 Å². The zero-order valence-corrected chi connectivity index (χ0v) is 18.6. The van der Waals surface area contributed by atoms with Crippen LogP contribution in [0.3, 0.4) is 0 Å². The predicted molar refractivity (Wildman–Crippen MR) is 125 cm³/mol. The second-order valence-electron chi connectivity index (χ2n) is 9.03. The number of halogens is 3. The lowest BCUT2D eigenvalue weighted by Crippen LogP contribution is -2.14. The Balaban J connectivity index is 1.47. The Hall–Kier alpha value is -2.73. The first-order chi connectivity index (χ1) is 15.5. The fourth-order valence-corrected chi connectivity index (χ4v) is 4.84. The Kier molecular flexibility index (Phi) is 7.20. The van der Waals surface area contributed by atoms with Gasteiger partial charge in [0, 0.05) is 5.56 Å².